The van der Waals surface area contributed by atoms with Gasteiger partial charge in [-0.05, 0) is 55.0 Å². The molecule has 1 saturated heterocycles. The summed E-state index contributed by atoms with van der Waals surface area (Å²) in [6.45, 7) is 0.767. The second-order valence-electron chi connectivity index (χ2n) is 9.26. The molecule has 1 amide bonds. The number of aliphatic imine (C=N–C) groups is 1. The molecule has 0 N–H and O–H groups in total. The van der Waals surface area contributed by atoms with E-state index in [1.807, 2.05) is 0 Å². The SMILES string of the molecule is COc1ccc2c(c1)C(N1CCCN(C(=O)c3ccccc3C(F)(F)F)CC1)=Nc1cc(C(F)(F)F)ccc1O2. The first kappa shape index (κ1) is 27.4. The van der Waals surface area contributed by atoms with Crippen molar-refractivity contribution in [2.45, 2.75) is 18.8 Å². The van der Waals surface area contributed by atoms with Crippen LogP contribution in [0.5, 0.6) is 17.2 Å². The van der Waals surface area contributed by atoms with Gasteiger partial charge in [-0.1, -0.05) is 12.1 Å². The van der Waals surface area contributed by atoms with E-state index in [1.54, 1.807) is 23.1 Å². The van der Waals surface area contributed by atoms with Gasteiger partial charge in [-0.15, -0.1) is 0 Å². The third-order valence-corrected chi connectivity index (χ3v) is 6.71. The molecule has 2 aliphatic rings. The first-order chi connectivity index (χ1) is 19.0. The molecule has 6 nitrogen and oxygen atoms in total. The third kappa shape index (κ3) is 5.43. The zero-order chi connectivity index (χ0) is 28.7. The van der Waals surface area contributed by atoms with Gasteiger partial charge in [-0.3, -0.25) is 4.79 Å². The van der Waals surface area contributed by atoms with Crippen LogP contribution in [0, 0.1) is 0 Å². The summed E-state index contributed by atoms with van der Waals surface area (Å²) in [5.74, 6) is 0.492. The Morgan fingerprint density at radius 3 is 2.35 bits per heavy atom. The predicted octanol–water partition coefficient (Wildman–Crippen LogP) is 6.76. The molecule has 0 atom stereocenters. The highest BCUT2D eigenvalue weighted by atomic mass is 19.4. The molecule has 0 bridgehead atoms. The Morgan fingerprint density at radius 1 is 0.875 bits per heavy atom. The minimum Gasteiger partial charge on any atom is -0.497 e. The molecular weight excluding hydrogens is 540 g/mol. The van der Waals surface area contributed by atoms with E-state index in [1.165, 1.54) is 30.2 Å². The van der Waals surface area contributed by atoms with Crippen LogP contribution in [-0.2, 0) is 12.4 Å². The highest BCUT2D eigenvalue weighted by Gasteiger charge is 2.37. The molecular formula is C28H23F6N3O3. The molecule has 3 aromatic rings. The molecule has 0 aliphatic carbocycles. The van der Waals surface area contributed by atoms with E-state index in [0.717, 1.165) is 24.3 Å². The van der Waals surface area contributed by atoms with Gasteiger partial charge in [0, 0.05) is 26.2 Å². The Balaban J connectivity index is 1.50. The summed E-state index contributed by atoms with van der Waals surface area (Å²) in [5, 5.41) is 0. The number of ether oxygens (including phenoxy) is 2. The summed E-state index contributed by atoms with van der Waals surface area (Å²) >= 11 is 0. The molecule has 1 fully saturated rings. The number of nitrogens with zero attached hydrogens (tertiary/aromatic N) is 3. The average molecular weight is 563 g/mol. The van der Waals surface area contributed by atoms with Crippen molar-refractivity contribution in [3.63, 3.8) is 0 Å². The third-order valence-electron chi connectivity index (χ3n) is 6.71. The van der Waals surface area contributed by atoms with E-state index >= 15 is 0 Å². The fourth-order valence-electron chi connectivity index (χ4n) is 4.72. The molecule has 2 aliphatic heterocycles. The Morgan fingerprint density at radius 2 is 1.62 bits per heavy atom. The summed E-state index contributed by atoms with van der Waals surface area (Å²) in [5.41, 5.74) is -1.91. The van der Waals surface area contributed by atoms with Crippen molar-refractivity contribution in [2.75, 3.05) is 33.3 Å². The summed E-state index contributed by atoms with van der Waals surface area (Å²) in [6.07, 6.45) is -8.90. The number of rotatable bonds is 2. The second-order valence-corrected chi connectivity index (χ2v) is 9.26. The maximum Gasteiger partial charge on any atom is 0.417 e. The molecule has 0 spiro atoms. The zero-order valence-electron chi connectivity index (χ0n) is 21.1. The van der Waals surface area contributed by atoms with Gasteiger partial charge < -0.3 is 19.3 Å². The number of amidine groups is 1. The van der Waals surface area contributed by atoms with Crippen molar-refractivity contribution in [1.29, 1.82) is 0 Å². The molecule has 2 heterocycles. The fourth-order valence-corrected chi connectivity index (χ4v) is 4.72. The predicted molar refractivity (Wildman–Crippen MR) is 134 cm³/mol. The highest BCUT2D eigenvalue weighted by molar-refractivity contribution is 6.04. The van der Waals surface area contributed by atoms with Gasteiger partial charge >= 0.3 is 12.4 Å². The normalized spacial score (nSPS) is 15.7. The topological polar surface area (TPSA) is 54.4 Å². The largest absolute Gasteiger partial charge is 0.497 e. The van der Waals surface area contributed by atoms with Gasteiger partial charge in [0.2, 0.25) is 0 Å². The number of hydrogen-bond acceptors (Lipinski definition) is 5. The lowest BCUT2D eigenvalue weighted by Gasteiger charge is -2.26. The number of benzene rings is 3. The first-order valence-corrected chi connectivity index (χ1v) is 12.3. The molecule has 0 radical (unpaired) electrons. The highest BCUT2D eigenvalue weighted by Crippen LogP contribution is 2.42. The lowest BCUT2D eigenvalue weighted by atomic mass is 10.1. The Hall–Kier alpha value is -4.22. The molecule has 3 aromatic carbocycles. The minimum absolute atomic E-state index is 0.0312. The van der Waals surface area contributed by atoms with Crippen LogP contribution in [0.4, 0.5) is 32.0 Å². The Labute approximate surface area is 225 Å². The van der Waals surface area contributed by atoms with E-state index < -0.39 is 35.0 Å². The molecule has 0 unspecified atom stereocenters. The van der Waals surface area contributed by atoms with Gasteiger partial charge in [-0.2, -0.15) is 26.3 Å². The summed E-state index contributed by atoms with van der Waals surface area (Å²) in [6, 6.07) is 12.6. The maximum absolute atomic E-state index is 13.5. The van der Waals surface area contributed by atoms with Crippen molar-refractivity contribution in [1.82, 2.24) is 9.80 Å². The van der Waals surface area contributed by atoms with Crippen LogP contribution in [-0.4, -0.2) is 54.8 Å². The Bertz CT molecular complexity index is 1470. The van der Waals surface area contributed by atoms with Crippen LogP contribution in [0.15, 0.2) is 65.7 Å². The lowest BCUT2D eigenvalue weighted by molar-refractivity contribution is -0.138. The smallest absolute Gasteiger partial charge is 0.417 e. The summed E-state index contributed by atoms with van der Waals surface area (Å²) in [4.78, 5) is 20.9. The molecule has 210 valence electrons. The minimum atomic E-state index is -4.69. The van der Waals surface area contributed by atoms with E-state index in [4.69, 9.17) is 9.47 Å². The van der Waals surface area contributed by atoms with Gasteiger partial charge in [0.25, 0.3) is 5.91 Å². The Kier molecular flexibility index (Phi) is 7.11. The number of hydrogen-bond donors (Lipinski definition) is 0. The van der Waals surface area contributed by atoms with Gasteiger partial charge in [0.05, 0.1) is 29.4 Å². The standard InChI is InChI=1S/C28H23F6N3O3/c1-39-18-8-10-23-20(16-18)25(35-22-15-17(27(29,30)31)7-9-24(22)40-23)36-11-4-12-37(14-13-36)26(38)19-5-2-3-6-21(19)28(32,33)34/h2-3,5-10,15-16H,4,11-14H2,1H3. The van der Waals surface area contributed by atoms with Crippen molar-refractivity contribution in [3.8, 4) is 17.2 Å². The summed E-state index contributed by atoms with van der Waals surface area (Å²) in [7, 11) is 1.47. The van der Waals surface area contributed by atoms with Crippen molar-refractivity contribution < 1.29 is 40.6 Å². The van der Waals surface area contributed by atoms with Crippen LogP contribution in [0.25, 0.3) is 0 Å². The van der Waals surface area contributed by atoms with Gasteiger partial charge in [0.1, 0.15) is 23.0 Å². The van der Waals surface area contributed by atoms with E-state index in [0.29, 0.717) is 35.9 Å². The maximum atomic E-state index is 13.5. The van der Waals surface area contributed by atoms with Crippen LogP contribution in [0.2, 0.25) is 0 Å². The van der Waals surface area contributed by atoms with Crippen LogP contribution in [0.3, 0.4) is 0 Å². The monoisotopic (exact) mass is 563 g/mol. The van der Waals surface area contributed by atoms with E-state index in [2.05, 4.69) is 4.99 Å². The zero-order valence-corrected chi connectivity index (χ0v) is 21.1. The molecule has 5 rings (SSSR count). The molecule has 40 heavy (non-hydrogen) atoms. The van der Waals surface area contributed by atoms with E-state index in [9.17, 15) is 31.1 Å². The van der Waals surface area contributed by atoms with Gasteiger partial charge in [0.15, 0.2) is 5.75 Å². The van der Waals surface area contributed by atoms with Gasteiger partial charge in [-0.25, -0.2) is 4.99 Å². The van der Waals surface area contributed by atoms with Crippen LogP contribution < -0.4 is 9.47 Å². The number of halogens is 6. The van der Waals surface area contributed by atoms with Crippen LogP contribution in [0.1, 0.15) is 33.5 Å². The lowest BCUT2D eigenvalue weighted by Crippen LogP contribution is -2.38. The summed E-state index contributed by atoms with van der Waals surface area (Å²) < 4.78 is 92.3. The van der Waals surface area contributed by atoms with Crippen molar-refractivity contribution in [2.24, 2.45) is 4.99 Å². The number of methoxy groups -OCH3 is 1. The van der Waals surface area contributed by atoms with E-state index in [-0.39, 0.29) is 31.1 Å². The number of fused-ring (bicyclic) bond motifs is 2. The quantitative estimate of drug-likeness (QED) is 0.323. The first-order valence-electron chi connectivity index (χ1n) is 12.3. The number of alkyl halides is 6. The second kappa shape index (κ2) is 10.4. The molecule has 0 saturated carbocycles. The number of carbonyl (C=O) groups is 1. The van der Waals surface area contributed by atoms with Crippen molar-refractivity contribution >= 4 is 17.4 Å². The van der Waals surface area contributed by atoms with Crippen molar-refractivity contribution in [3.05, 3.63) is 82.9 Å². The number of amides is 1. The molecule has 0 aromatic heterocycles. The number of carbonyl (C=O) groups excluding carboxylic acids is 1. The molecule has 12 heteroatoms. The fraction of sp³-hybridized carbons (Fsp3) is 0.286. The van der Waals surface area contributed by atoms with Crippen LogP contribution >= 0.6 is 0 Å². The average Bonchev–Trinajstić information content (AvgIpc) is 3.26.